The monoisotopic (exact) mass is 345 g/mol. The molecule has 1 aromatic heterocycles. The summed E-state index contributed by atoms with van der Waals surface area (Å²) in [5, 5.41) is 10.6. The van der Waals surface area contributed by atoms with E-state index in [4.69, 9.17) is 4.74 Å². The molecule has 2 aromatic rings. The molecule has 5 nitrogen and oxygen atoms in total. The number of benzene rings is 1. The third-order valence-electron chi connectivity index (χ3n) is 5.39. The maximum absolute atomic E-state index is 13.0. The second-order valence-corrected chi connectivity index (χ2v) is 6.98. The van der Waals surface area contributed by atoms with E-state index >= 15 is 0 Å². The summed E-state index contributed by atoms with van der Waals surface area (Å²) in [6.07, 6.45) is 3.34. The molecule has 1 saturated heterocycles. The van der Waals surface area contributed by atoms with Gasteiger partial charge in [-0.3, -0.25) is 4.90 Å². The number of ether oxygens (including phenoxy) is 1. The summed E-state index contributed by atoms with van der Waals surface area (Å²) >= 11 is 0. The van der Waals surface area contributed by atoms with Crippen LogP contribution in [0.1, 0.15) is 36.0 Å². The van der Waals surface area contributed by atoms with Crippen molar-refractivity contribution < 1.29 is 14.2 Å². The highest BCUT2D eigenvalue weighted by atomic mass is 19.1. The molecule has 4 rings (SSSR count). The van der Waals surface area contributed by atoms with Crippen molar-refractivity contribution in [2.45, 2.75) is 38.6 Å². The Hall–Kier alpha value is -1.76. The quantitative estimate of drug-likeness (QED) is 0.925. The molecule has 2 aliphatic rings. The Kier molecular flexibility index (Phi) is 4.83. The van der Waals surface area contributed by atoms with Gasteiger partial charge in [0.2, 0.25) is 0 Å². The Labute approximate surface area is 147 Å². The van der Waals surface area contributed by atoms with Gasteiger partial charge >= 0.3 is 0 Å². The summed E-state index contributed by atoms with van der Waals surface area (Å²) in [6, 6.07) is 6.21. The molecule has 0 amide bonds. The van der Waals surface area contributed by atoms with Gasteiger partial charge in [0, 0.05) is 19.3 Å². The molecule has 0 radical (unpaired) electrons. The summed E-state index contributed by atoms with van der Waals surface area (Å²) in [7, 11) is 0. The molecule has 1 atom stereocenters. The van der Waals surface area contributed by atoms with Crippen LogP contribution < -0.4 is 0 Å². The minimum atomic E-state index is -0.511. The number of halogens is 1. The van der Waals surface area contributed by atoms with Crippen molar-refractivity contribution >= 4 is 0 Å². The number of nitrogens with zero attached hydrogens (tertiary/aromatic N) is 3. The van der Waals surface area contributed by atoms with E-state index in [0.29, 0.717) is 6.61 Å². The van der Waals surface area contributed by atoms with Crippen molar-refractivity contribution in [1.29, 1.82) is 0 Å². The zero-order valence-electron chi connectivity index (χ0n) is 14.3. The maximum Gasteiger partial charge on any atom is 0.135 e. The zero-order chi connectivity index (χ0) is 17.2. The molecule has 0 saturated carbocycles. The molecule has 1 aromatic carbocycles. The molecule has 0 aliphatic carbocycles. The Morgan fingerprint density at radius 2 is 1.96 bits per heavy atom. The van der Waals surface area contributed by atoms with Gasteiger partial charge in [-0.15, -0.1) is 0 Å². The van der Waals surface area contributed by atoms with Gasteiger partial charge in [0.25, 0.3) is 0 Å². The van der Waals surface area contributed by atoms with E-state index in [1.165, 1.54) is 17.8 Å². The van der Waals surface area contributed by atoms with Crippen molar-refractivity contribution in [2.24, 2.45) is 5.92 Å². The zero-order valence-corrected chi connectivity index (χ0v) is 14.3. The van der Waals surface area contributed by atoms with E-state index in [1.54, 1.807) is 12.1 Å². The highest BCUT2D eigenvalue weighted by molar-refractivity contribution is 5.19. The molecule has 6 heteroatoms. The van der Waals surface area contributed by atoms with Crippen LogP contribution in [0.25, 0.3) is 0 Å². The third-order valence-corrected chi connectivity index (χ3v) is 5.39. The minimum absolute atomic E-state index is 0.231. The molecule has 2 aliphatic heterocycles. The van der Waals surface area contributed by atoms with Crippen molar-refractivity contribution in [2.75, 3.05) is 19.7 Å². The van der Waals surface area contributed by atoms with Gasteiger partial charge in [0.1, 0.15) is 18.2 Å². The van der Waals surface area contributed by atoms with Crippen LogP contribution in [0.3, 0.4) is 0 Å². The first-order valence-electron chi connectivity index (χ1n) is 8.97. The highest BCUT2D eigenvalue weighted by Gasteiger charge is 2.27. The maximum atomic E-state index is 13.0. The van der Waals surface area contributed by atoms with Gasteiger partial charge in [0.15, 0.2) is 0 Å². The first-order valence-corrected chi connectivity index (χ1v) is 8.97. The van der Waals surface area contributed by atoms with Crippen LogP contribution in [0.4, 0.5) is 4.39 Å². The van der Waals surface area contributed by atoms with Gasteiger partial charge < -0.3 is 14.4 Å². The number of imidazole rings is 1. The average molecular weight is 345 g/mol. The number of piperidine rings is 1. The van der Waals surface area contributed by atoms with E-state index in [9.17, 15) is 9.50 Å². The third kappa shape index (κ3) is 3.61. The fourth-order valence-corrected chi connectivity index (χ4v) is 3.88. The normalized spacial score (nSPS) is 20.4. The summed E-state index contributed by atoms with van der Waals surface area (Å²) in [5.74, 6) is 0.984. The van der Waals surface area contributed by atoms with E-state index in [2.05, 4.69) is 14.5 Å². The molecule has 1 unspecified atom stereocenters. The highest BCUT2D eigenvalue weighted by Crippen LogP contribution is 2.31. The fraction of sp³-hybridized carbons (Fsp3) is 0.526. The standard InChI is InChI=1S/C19H24FN3O2/c20-16-3-1-14(2-4-16)19(24)15-5-7-22(8-6-15)12-17-11-21-18-13-25-10-9-23(17)18/h1-4,11,15,19,24H,5-10,12-13H2. The van der Waals surface area contributed by atoms with Gasteiger partial charge in [-0.05, 0) is 49.5 Å². The summed E-state index contributed by atoms with van der Waals surface area (Å²) in [4.78, 5) is 6.88. The fourth-order valence-electron chi connectivity index (χ4n) is 3.88. The molecule has 134 valence electrons. The predicted molar refractivity (Wildman–Crippen MR) is 91.2 cm³/mol. The molecule has 1 N–H and O–H groups in total. The lowest BCUT2D eigenvalue weighted by Crippen LogP contribution is -2.36. The number of fused-ring (bicyclic) bond motifs is 1. The van der Waals surface area contributed by atoms with Gasteiger partial charge in [0.05, 0.1) is 18.4 Å². The second-order valence-electron chi connectivity index (χ2n) is 6.98. The van der Waals surface area contributed by atoms with Crippen LogP contribution in [-0.2, 0) is 24.4 Å². The lowest BCUT2D eigenvalue weighted by Gasteiger charge is -2.34. The lowest BCUT2D eigenvalue weighted by atomic mass is 9.87. The molecule has 0 bridgehead atoms. The first kappa shape index (κ1) is 16.7. The van der Waals surface area contributed by atoms with E-state index in [-0.39, 0.29) is 11.7 Å². The number of aliphatic hydroxyl groups excluding tert-OH is 1. The van der Waals surface area contributed by atoms with Crippen molar-refractivity contribution in [1.82, 2.24) is 14.5 Å². The second kappa shape index (κ2) is 7.23. The number of aliphatic hydroxyl groups is 1. The van der Waals surface area contributed by atoms with Crippen LogP contribution in [-0.4, -0.2) is 39.3 Å². The van der Waals surface area contributed by atoms with E-state index in [0.717, 1.165) is 57.0 Å². The predicted octanol–water partition coefficient (Wildman–Crippen LogP) is 2.50. The van der Waals surface area contributed by atoms with Crippen molar-refractivity contribution in [3.8, 4) is 0 Å². The van der Waals surface area contributed by atoms with Crippen molar-refractivity contribution in [3.05, 3.63) is 53.4 Å². The number of hydrogen-bond donors (Lipinski definition) is 1. The average Bonchev–Trinajstić information content (AvgIpc) is 3.06. The molecular formula is C19H24FN3O2. The van der Waals surface area contributed by atoms with Crippen LogP contribution in [0.5, 0.6) is 0 Å². The Bertz CT molecular complexity index is 708. The summed E-state index contributed by atoms with van der Waals surface area (Å²) in [5.41, 5.74) is 2.06. The van der Waals surface area contributed by atoms with Gasteiger partial charge in [-0.2, -0.15) is 0 Å². The first-order chi connectivity index (χ1) is 12.2. The van der Waals surface area contributed by atoms with Gasteiger partial charge in [-0.1, -0.05) is 12.1 Å². The van der Waals surface area contributed by atoms with E-state index < -0.39 is 6.10 Å². The molecular weight excluding hydrogens is 321 g/mol. The SMILES string of the molecule is OC(c1ccc(F)cc1)C1CCN(Cc2cnc3n2CCOC3)CC1. The number of likely N-dealkylation sites (tertiary alicyclic amines) is 1. The number of aromatic nitrogens is 2. The molecule has 25 heavy (non-hydrogen) atoms. The largest absolute Gasteiger partial charge is 0.388 e. The van der Waals surface area contributed by atoms with Crippen LogP contribution >= 0.6 is 0 Å². The number of rotatable bonds is 4. The Morgan fingerprint density at radius 3 is 2.72 bits per heavy atom. The molecule has 3 heterocycles. The molecule has 0 spiro atoms. The summed E-state index contributed by atoms with van der Waals surface area (Å²) in [6.45, 7) is 5.05. The van der Waals surface area contributed by atoms with Crippen LogP contribution in [0, 0.1) is 11.7 Å². The summed E-state index contributed by atoms with van der Waals surface area (Å²) < 4.78 is 20.7. The van der Waals surface area contributed by atoms with Crippen molar-refractivity contribution in [3.63, 3.8) is 0 Å². The topological polar surface area (TPSA) is 50.5 Å². The van der Waals surface area contributed by atoms with Crippen LogP contribution in [0.2, 0.25) is 0 Å². The van der Waals surface area contributed by atoms with Gasteiger partial charge in [-0.25, -0.2) is 9.37 Å². The lowest BCUT2D eigenvalue weighted by molar-refractivity contribution is 0.0544. The molecule has 1 fully saturated rings. The minimum Gasteiger partial charge on any atom is -0.388 e. The smallest absolute Gasteiger partial charge is 0.135 e. The van der Waals surface area contributed by atoms with E-state index in [1.807, 2.05) is 6.20 Å². The Morgan fingerprint density at radius 1 is 1.20 bits per heavy atom. The Balaban J connectivity index is 1.34. The number of hydrogen-bond acceptors (Lipinski definition) is 4. The van der Waals surface area contributed by atoms with Crippen LogP contribution in [0.15, 0.2) is 30.5 Å².